The normalized spacial score (nSPS) is 11.5. The Bertz CT molecular complexity index is 907. The molecular formula is C22H27N2+. The molecule has 1 aromatic carbocycles. The molecule has 2 aromatic heterocycles. The third kappa shape index (κ3) is 3.19. The Balaban J connectivity index is 2.19. The third-order valence-corrected chi connectivity index (χ3v) is 4.71. The lowest BCUT2D eigenvalue weighted by atomic mass is 9.97. The van der Waals surface area contributed by atoms with Gasteiger partial charge in [-0.25, -0.2) is 4.57 Å². The van der Waals surface area contributed by atoms with Crippen molar-refractivity contribution in [1.82, 2.24) is 4.98 Å². The SMILES string of the molecule is Cc1cc(C)c(C)c(-c2cc3nc(CC(C)C)ccc3c[n+]2C)c1. The highest BCUT2D eigenvalue weighted by Crippen LogP contribution is 2.26. The van der Waals surface area contributed by atoms with Crippen molar-refractivity contribution in [1.29, 1.82) is 0 Å². The molecule has 0 saturated carbocycles. The molecule has 0 spiro atoms. The van der Waals surface area contributed by atoms with Gasteiger partial charge in [0.2, 0.25) is 5.69 Å². The van der Waals surface area contributed by atoms with E-state index in [0.717, 1.165) is 11.9 Å². The molecule has 0 atom stereocenters. The molecule has 0 fully saturated rings. The topological polar surface area (TPSA) is 16.8 Å². The van der Waals surface area contributed by atoms with Crippen molar-refractivity contribution in [3.05, 3.63) is 58.9 Å². The van der Waals surface area contributed by atoms with Crippen molar-refractivity contribution in [3.8, 4) is 11.3 Å². The van der Waals surface area contributed by atoms with E-state index < -0.39 is 0 Å². The van der Waals surface area contributed by atoms with Crippen LogP contribution in [0.5, 0.6) is 0 Å². The van der Waals surface area contributed by atoms with E-state index in [1.807, 2.05) is 0 Å². The molecule has 0 unspecified atom stereocenters. The minimum absolute atomic E-state index is 0.621. The number of aromatic nitrogens is 2. The first kappa shape index (κ1) is 16.6. The summed E-state index contributed by atoms with van der Waals surface area (Å²) in [5.74, 6) is 0.621. The predicted molar refractivity (Wildman–Crippen MR) is 101 cm³/mol. The van der Waals surface area contributed by atoms with Crippen LogP contribution in [0.4, 0.5) is 0 Å². The zero-order valence-electron chi connectivity index (χ0n) is 15.6. The number of pyridine rings is 2. The fraction of sp³-hybridized carbons (Fsp3) is 0.364. The Kier molecular flexibility index (Phi) is 4.40. The fourth-order valence-corrected chi connectivity index (χ4v) is 3.37. The van der Waals surface area contributed by atoms with Crippen LogP contribution in [-0.4, -0.2) is 4.98 Å². The van der Waals surface area contributed by atoms with Gasteiger partial charge in [-0.15, -0.1) is 0 Å². The minimum atomic E-state index is 0.621. The number of benzene rings is 1. The molecule has 0 radical (unpaired) electrons. The highest BCUT2D eigenvalue weighted by molar-refractivity contribution is 5.81. The third-order valence-electron chi connectivity index (χ3n) is 4.71. The van der Waals surface area contributed by atoms with Gasteiger partial charge in [0.25, 0.3) is 0 Å². The van der Waals surface area contributed by atoms with Crippen LogP contribution in [0.15, 0.2) is 36.5 Å². The van der Waals surface area contributed by atoms with Gasteiger partial charge in [0.05, 0.1) is 10.9 Å². The summed E-state index contributed by atoms with van der Waals surface area (Å²) in [5.41, 5.74) is 8.76. The summed E-state index contributed by atoms with van der Waals surface area (Å²) in [6.45, 7) is 11.0. The molecule has 0 saturated heterocycles. The van der Waals surface area contributed by atoms with Crippen molar-refractivity contribution >= 4 is 10.9 Å². The van der Waals surface area contributed by atoms with Gasteiger partial charge in [-0.05, 0) is 62.4 Å². The number of rotatable bonds is 3. The van der Waals surface area contributed by atoms with Gasteiger partial charge >= 0.3 is 0 Å². The average Bonchev–Trinajstić information content (AvgIpc) is 2.50. The van der Waals surface area contributed by atoms with Crippen LogP contribution in [0.25, 0.3) is 22.2 Å². The highest BCUT2D eigenvalue weighted by Gasteiger charge is 2.16. The summed E-state index contributed by atoms with van der Waals surface area (Å²) >= 11 is 0. The second-order valence-electron chi connectivity index (χ2n) is 7.40. The molecule has 0 aliphatic carbocycles. The summed E-state index contributed by atoms with van der Waals surface area (Å²) in [7, 11) is 2.12. The van der Waals surface area contributed by atoms with E-state index in [0.29, 0.717) is 5.92 Å². The van der Waals surface area contributed by atoms with Crippen molar-refractivity contribution < 1.29 is 4.57 Å². The van der Waals surface area contributed by atoms with Gasteiger partial charge in [0, 0.05) is 17.3 Å². The number of nitrogens with zero attached hydrogens (tertiary/aromatic N) is 2. The van der Waals surface area contributed by atoms with Gasteiger partial charge in [-0.2, -0.15) is 0 Å². The van der Waals surface area contributed by atoms with Crippen LogP contribution in [0, 0.1) is 26.7 Å². The highest BCUT2D eigenvalue weighted by atomic mass is 14.9. The number of fused-ring (bicyclic) bond motifs is 1. The molecule has 2 heteroatoms. The smallest absolute Gasteiger partial charge is 0.214 e. The minimum Gasteiger partial charge on any atom is -0.252 e. The van der Waals surface area contributed by atoms with Crippen LogP contribution in [-0.2, 0) is 13.5 Å². The maximum absolute atomic E-state index is 4.90. The van der Waals surface area contributed by atoms with E-state index in [9.17, 15) is 0 Å². The Morgan fingerprint density at radius 3 is 2.50 bits per heavy atom. The van der Waals surface area contributed by atoms with Crippen molar-refractivity contribution in [2.75, 3.05) is 0 Å². The lowest BCUT2D eigenvalue weighted by molar-refractivity contribution is -0.659. The van der Waals surface area contributed by atoms with Gasteiger partial charge in [-0.3, -0.25) is 4.98 Å². The molecule has 2 nitrogen and oxygen atoms in total. The van der Waals surface area contributed by atoms with Crippen LogP contribution < -0.4 is 4.57 Å². The van der Waals surface area contributed by atoms with Crippen LogP contribution in [0.1, 0.15) is 36.2 Å². The van der Waals surface area contributed by atoms with E-state index in [-0.39, 0.29) is 0 Å². The van der Waals surface area contributed by atoms with Crippen LogP contribution in [0.2, 0.25) is 0 Å². The molecule has 0 amide bonds. The number of aryl methyl sites for hydroxylation is 3. The van der Waals surface area contributed by atoms with Crippen molar-refractivity contribution in [3.63, 3.8) is 0 Å². The Hall–Kier alpha value is -2.22. The molecular weight excluding hydrogens is 292 g/mol. The predicted octanol–water partition coefficient (Wildman–Crippen LogP) is 4.85. The Morgan fingerprint density at radius 1 is 1.04 bits per heavy atom. The molecule has 0 aliphatic heterocycles. The first-order chi connectivity index (χ1) is 11.3. The maximum Gasteiger partial charge on any atom is 0.214 e. The average molecular weight is 319 g/mol. The maximum atomic E-state index is 4.90. The standard InChI is InChI=1S/C22H27N2/c1-14(2)9-19-8-7-18-13-24(6)22(12-21(18)23-19)20-11-15(3)10-16(4)17(20)5/h7-8,10-14H,9H2,1-6H3/q+1. The zero-order valence-corrected chi connectivity index (χ0v) is 15.6. The second kappa shape index (κ2) is 6.35. The Morgan fingerprint density at radius 2 is 1.79 bits per heavy atom. The van der Waals surface area contributed by atoms with E-state index in [1.54, 1.807) is 0 Å². The monoisotopic (exact) mass is 319 g/mol. The first-order valence-corrected chi connectivity index (χ1v) is 8.72. The summed E-state index contributed by atoms with van der Waals surface area (Å²) in [5, 5.41) is 1.19. The largest absolute Gasteiger partial charge is 0.252 e. The summed E-state index contributed by atoms with van der Waals surface area (Å²) in [6, 6.07) is 11.1. The van der Waals surface area contributed by atoms with E-state index in [4.69, 9.17) is 4.98 Å². The number of hydrogen-bond donors (Lipinski definition) is 0. The fourth-order valence-electron chi connectivity index (χ4n) is 3.37. The van der Waals surface area contributed by atoms with Gasteiger partial charge in [0.1, 0.15) is 7.05 Å². The summed E-state index contributed by atoms with van der Waals surface area (Å²) in [4.78, 5) is 4.90. The molecule has 2 heterocycles. The quantitative estimate of drug-likeness (QED) is 0.631. The van der Waals surface area contributed by atoms with E-state index >= 15 is 0 Å². The van der Waals surface area contributed by atoms with E-state index in [1.165, 1.54) is 39.0 Å². The summed E-state index contributed by atoms with van der Waals surface area (Å²) < 4.78 is 2.22. The molecule has 24 heavy (non-hydrogen) atoms. The molecule has 0 N–H and O–H groups in total. The Labute approximate surface area is 145 Å². The van der Waals surface area contributed by atoms with Crippen molar-refractivity contribution in [2.24, 2.45) is 13.0 Å². The lowest BCUT2D eigenvalue weighted by Crippen LogP contribution is -2.30. The second-order valence-corrected chi connectivity index (χ2v) is 7.40. The van der Waals surface area contributed by atoms with Crippen molar-refractivity contribution in [2.45, 2.75) is 41.0 Å². The molecule has 124 valence electrons. The molecule has 0 bridgehead atoms. The van der Waals surface area contributed by atoms with Gasteiger partial charge < -0.3 is 0 Å². The molecule has 3 aromatic rings. The lowest BCUT2D eigenvalue weighted by Gasteiger charge is -2.10. The molecule has 0 aliphatic rings. The van der Waals surface area contributed by atoms with Gasteiger partial charge in [0.15, 0.2) is 6.20 Å². The zero-order chi connectivity index (χ0) is 17.4. The number of hydrogen-bond acceptors (Lipinski definition) is 1. The van der Waals surface area contributed by atoms with Crippen LogP contribution >= 0.6 is 0 Å². The van der Waals surface area contributed by atoms with E-state index in [2.05, 4.69) is 82.8 Å². The van der Waals surface area contributed by atoms with Crippen LogP contribution in [0.3, 0.4) is 0 Å². The van der Waals surface area contributed by atoms with Gasteiger partial charge in [-0.1, -0.05) is 25.5 Å². The molecule has 3 rings (SSSR count). The first-order valence-electron chi connectivity index (χ1n) is 8.72. The summed E-state index contributed by atoms with van der Waals surface area (Å²) in [6.07, 6.45) is 3.21.